The largest absolute Gasteiger partial charge is 0.460 e. The Morgan fingerprint density at radius 2 is 1.06 bits per heavy atom. The van der Waals surface area contributed by atoms with Crippen LogP contribution >= 0.6 is 0 Å². The summed E-state index contributed by atoms with van der Waals surface area (Å²) in [5, 5.41) is -6.81. The Labute approximate surface area is 179 Å². The maximum atomic E-state index is 13.4. The van der Waals surface area contributed by atoms with Crippen molar-refractivity contribution >= 4 is 10.1 Å². The zero-order valence-corrected chi connectivity index (χ0v) is 17.9. The Morgan fingerprint density at radius 3 is 1.50 bits per heavy atom. The Balaban J connectivity index is 0. The second-order valence-corrected chi connectivity index (χ2v) is 8.09. The molecule has 32 heavy (non-hydrogen) atoms. The number of hydrogen-bond donors (Lipinski definition) is 0. The summed E-state index contributed by atoms with van der Waals surface area (Å²) in [6.07, 6.45) is -4.40. The van der Waals surface area contributed by atoms with Gasteiger partial charge in [-0.2, -0.15) is 47.9 Å². The zero-order chi connectivity index (χ0) is 24.4. The Kier molecular flexibility index (Phi) is 14.3. The minimum atomic E-state index is -7.30. The summed E-state index contributed by atoms with van der Waals surface area (Å²) < 4.78 is 151. The van der Waals surface area contributed by atoms with Gasteiger partial charge in [-0.15, -0.1) is 0 Å². The minimum Gasteiger partial charge on any atom is -0.379 e. The van der Waals surface area contributed by atoms with Crippen LogP contribution in [0.1, 0.15) is 45.4 Å². The highest BCUT2D eigenvalue weighted by Gasteiger charge is 2.85. The first kappa shape index (κ1) is 33.3. The van der Waals surface area contributed by atoms with Gasteiger partial charge in [-0.1, -0.05) is 26.2 Å². The van der Waals surface area contributed by atoms with E-state index in [1.807, 2.05) is 6.92 Å². The molecule has 0 heterocycles. The fraction of sp³-hybridized carbons (Fsp3) is 1.00. The highest BCUT2D eigenvalue weighted by molar-refractivity contribution is 7.87. The van der Waals surface area contributed by atoms with E-state index in [0.717, 1.165) is 12.8 Å². The van der Waals surface area contributed by atoms with Crippen molar-refractivity contribution in [3.05, 3.63) is 0 Å². The molecule has 0 radical (unpaired) electrons. The Bertz CT molecular complexity index is 611. The van der Waals surface area contributed by atoms with E-state index in [4.69, 9.17) is 9.47 Å². The third kappa shape index (κ3) is 8.82. The lowest BCUT2D eigenvalue weighted by atomic mass is 10.1. The van der Waals surface area contributed by atoms with Gasteiger partial charge in [0.1, 0.15) is 0 Å². The van der Waals surface area contributed by atoms with Gasteiger partial charge in [0.25, 0.3) is 0 Å². The molecule has 0 amide bonds. The highest BCUT2D eigenvalue weighted by Crippen LogP contribution is 2.54. The van der Waals surface area contributed by atoms with E-state index < -0.39 is 40.0 Å². The third-order valence-electron chi connectivity index (χ3n) is 3.87. The second-order valence-electron chi connectivity index (χ2n) is 6.43. The van der Waals surface area contributed by atoms with Crippen molar-refractivity contribution in [2.45, 2.75) is 68.7 Å². The van der Waals surface area contributed by atoms with Crippen LogP contribution in [0, 0.1) is 0 Å². The molecule has 0 rings (SSSR count). The molecule has 0 aromatic heterocycles. The smallest absolute Gasteiger partial charge is 0.379 e. The van der Waals surface area contributed by atoms with Gasteiger partial charge in [0.15, 0.2) is 0 Å². The van der Waals surface area contributed by atoms with Crippen LogP contribution in [0.15, 0.2) is 0 Å². The van der Waals surface area contributed by atoms with E-state index in [1.54, 1.807) is 0 Å². The summed E-state index contributed by atoms with van der Waals surface area (Å²) in [4.78, 5) is 0. The van der Waals surface area contributed by atoms with Gasteiger partial charge in [0, 0.05) is 13.2 Å². The molecule has 0 spiro atoms. The first-order chi connectivity index (χ1) is 14.1. The van der Waals surface area contributed by atoms with Crippen molar-refractivity contribution in [2.75, 3.05) is 33.0 Å². The van der Waals surface area contributed by atoms with E-state index in [2.05, 4.69) is 4.18 Å². The lowest BCUT2D eigenvalue weighted by Gasteiger charge is -2.32. The summed E-state index contributed by atoms with van der Waals surface area (Å²) in [7, 11) is -6.78. The van der Waals surface area contributed by atoms with Crippen LogP contribution < -0.4 is 0 Å². The molecule has 196 valence electrons. The van der Waals surface area contributed by atoms with Crippen molar-refractivity contribution in [2.24, 2.45) is 0 Å². The molecule has 0 atom stereocenters. The van der Waals surface area contributed by atoms with Crippen molar-refractivity contribution in [3.8, 4) is 0 Å². The van der Waals surface area contributed by atoms with Gasteiger partial charge in [-0.05, 0) is 19.3 Å². The summed E-state index contributed by atoms with van der Waals surface area (Å²) in [5.74, 6) is -14.6. The van der Waals surface area contributed by atoms with E-state index in [1.165, 1.54) is 0 Å². The van der Waals surface area contributed by atoms with Crippen LogP contribution in [-0.4, -0.2) is 64.7 Å². The molecule has 0 aromatic rings. The van der Waals surface area contributed by atoms with Crippen molar-refractivity contribution < 1.29 is 66.3 Å². The van der Waals surface area contributed by atoms with Crippen LogP contribution in [0.3, 0.4) is 0 Å². The van der Waals surface area contributed by atoms with Crippen molar-refractivity contribution in [3.63, 3.8) is 0 Å². The summed E-state index contributed by atoms with van der Waals surface area (Å²) >= 11 is 0. The van der Waals surface area contributed by atoms with E-state index >= 15 is 0 Å². The minimum absolute atomic E-state index is 0. The molecule has 5 nitrogen and oxygen atoms in total. The van der Waals surface area contributed by atoms with E-state index in [-0.39, 0.29) is 17.5 Å². The average Bonchev–Trinajstić information content (AvgIpc) is 2.64. The first-order valence-corrected chi connectivity index (χ1v) is 10.7. The van der Waals surface area contributed by atoms with Crippen LogP contribution in [0.5, 0.6) is 0 Å². The Hall–Kier alpha value is -0.870. The number of alkyl halides is 9. The third-order valence-corrected chi connectivity index (χ3v) is 5.23. The topological polar surface area (TPSA) is 61.8 Å². The molecular weight excluding hydrogens is 494 g/mol. The summed E-state index contributed by atoms with van der Waals surface area (Å²) in [6, 6.07) is 0. The first-order valence-electron chi connectivity index (χ1n) is 9.31. The van der Waals surface area contributed by atoms with Crippen LogP contribution in [0.25, 0.3) is 0 Å². The average molecular weight is 520 g/mol. The van der Waals surface area contributed by atoms with Gasteiger partial charge in [0.2, 0.25) is 0 Å². The molecule has 0 saturated heterocycles. The van der Waals surface area contributed by atoms with Crippen LogP contribution in [0.2, 0.25) is 0 Å². The molecule has 0 bridgehead atoms. The SMILES string of the molecule is CCCCOCCOCCCCCCOS(=O)(=O)C(F)(F)C(F)(F)C(F)(F)C(F)(F)F.F. The second kappa shape index (κ2) is 13.7. The number of halogens is 10. The maximum Gasteiger partial charge on any atom is 0.460 e. The normalized spacial score (nSPS) is 13.8. The van der Waals surface area contributed by atoms with Gasteiger partial charge in [0.05, 0.1) is 19.8 Å². The molecule has 0 saturated carbocycles. The number of unbranched alkanes of at least 4 members (excludes halogenated alkanes) is 4. The molecule has 0 fully saturated rings. The molecule has 0 aliphatic carbocycles. The van der Waals surface area contributed by atoms with E-state index in [9.17, 15) is 47.9 Å². The lowest BCUT2D eigenvalue weighted by molar-refractivity contribution is -0.382. The van der Waals surface area contributed by atoms with Gasteiger partial charge >= 0.3 is 33.4 Å². The fourth-order valence-electron chi connectivity index (χ4n) is 1.99. The summed E-state index contributed by atoms with van der Waals surface area (Å²) in [5.41, 5.74) is 0. The van der Waals surface area contributed by atoms with Gasteiger partial charge in [-0.3, -0.25) is 8.89 Å². The molecule has 16 heteroatoms. The lowest BCUT2D eigenvalue weighted by Crippen LogP contribution is -2.63. The Morgan fingerprint density at radius 1 is 0.625 bits per heavy atom. The standard InChI is InChI=1S/C16H25F9O5S.FH/c1-2-3-8-28-11-12-29-9-6-4-5-7-10-30-31(26,27)16(24,25)14(19,20)13(17,18)15(21,22)23;/h2-12H2,1H3;1H. The van der Waals surface area contributed by atoms with Crippen LogP contribution in [0.4, 0.5) is 44.2 Å². The predicted molar refractivity (Wildman–Crippen MR) is 93.3 cm³/mol. The number of ether oxygens (including phenoxy) is 2. The van der Waals surface area contributed by atoms with E-state index in [0.29, 0.717) is 39.3 Å². The molecule has 0 unspecified atom stereocenters. The van der Waals surface area contributed by atoms with Crippen molar-refractivity contribution in [1.82, 2.24) is 0 Å². The van der Waals surface area contributed by atoms with Crippen LogP contribution in [-0.2, 0) is 23.8 Å². The monoisotopic (exact) mass is 520 g/mol. The molecule has 0 aromatic carbocycles. The summed E-state index contributed by atoms with van der Waals surface area (Å²) in [6.45, 7) is 2.58. The quantitative estimate of drug-likeness (QED) is 0.148. The number of rotatable bonds is 17. The zero-order valence-electron chi connectivity index (χ0n) is 17.0. The van der Waals surface area contributed by atoms with Crippen molar-refractivity contribution in [1.29, 1.82) is 0 Å². The fourth-order valence-corrected chi connectivity index (χ4v) is 2.92. The predicted octanol–water partition coefficient (Wildman–Crippen LogP) is 5.30. The number of hydrogen-bond acceptors (Lipinski definition) is 5. The molecule has 0 aliphatic heterocycles. The molecule has 0 aliphatic rings. The molecular formula is C16H26F10O5S. The maximum absolute atomic E-state index is 13.4. The van der Waals surface area contributed by atoms with Gasteiger partial charge in [-0.25, -0.2) is 0 Å². The molecule has 0 N–H and O–H groups in total. The van der Waals surface area contributed by atoms with Gasteiger partial charge < -0.3 is 9.47 Å². The highest BCUT2D eigenvalue weighted by atomic mass is 32.2.